The van der Waals surface area contributed by atoms with E-state index in [0.717, 1.165) is 5.39 Å². The molecule has 2 rings (SSSR count). The summed E-state index contributed by atoms with van der Waals surface area (Å²) >= 11 is 0. The van der Waals surface area contributed by atoms with E-state index in [2.05, 4.69) is 9.97 Å². The number of hydrogen-bond donors (Lipinski definition) is 2. The second-order valence-corrected chi connectivity index (χ2v) is 2.49. The van der Waals surface area contributed by atoms with E-state index in [-0.39, 0.29) is 0 Å². The number of aldehydes is 1. The second kappa shape index (κ2) is 2.34. The summed E-state index contributed by atoms with van der Waals surface area (Å²) in [5, 5.41) is 0.791. The predicted molar refractivity (Wildman–Crippen MR) is 45.9 cm³/mol. The molecule has 0 saturated carbocycles. The van der Waals surface area contributed by atoms with Gasteiger partial charge in [0.05, 0.1) is 11.3 Å². The van der Waals surface area contributed by atoms with E-state index in [1.54, 1.807) is 12.3 Å². The molecule has 2 aromatic heterocycles. The summed E-state index contributed by atoms with van der Waals surface area (Å²) in [6.07, 6.45) is 3.90. The number of rotatable bonds is 1. The Bertz CT molecular complexity index is 433. The van der Waals surface area contributed by atoms with Gasteiger partial charge < -0.3 is 10.7 Å². The molecular formula is C8H7N3O. The molecule has 4 nitrogen and oxygen atoms in total. The number of carbonyl (C=O) groups is 1. The van der Waals surface area contributed by atoms with Crippen LogP contribution in [0, 0.1) is 0 Å². The van der Waals surface area contributed by atoms with Gasteiger partial charge in [-0.15, -0.1) is 0 Å². The number of fused-ring (bicyclic) bond motifs is 1. The van der Waals surface area contributed by atoms with Gasteiger partial charge in [0.25, 0.3) is 0 Å². The lowest BCUT2D eigenvalue weighted by Gasteiger charge is -1.97. The Morgan fingerprint density at radius 2 is 2.42 bits per heavy atom. The zero-order chi connectivity index (χ0) is 8.55. The third-order valence-electron chi connectivity index (χ3n) is 1.79. The largest absolute Gasteiger partial charge is 0.398 e. The maximum absolute atomic E-state index is 10.5. The summed E-state index contributed by atoms with van der Waals surface area (Å²) in [6.45, 7) is 0. The maximum atomic E-state index is 10.5. The Hall–Kier alpha value is -1.84. The van der Waals surface area contributed by atoms with Crippen molar-refractivity contribution < 1.29 is 4.79 Å². The summed E-state index contributed by atoms with van der Waals surface area (Å²) in [5.41, 5.74) is 7.30. The molecule has 12 heavy (non-hydrogen) atoms. The standard InChI is InChI=1S/C8H7N3O/c9-7-5(4-12)3-11-8-6(7)1-2-10-8/h1-4H,(H3,9,10,11). The molecule has 4 heteroatoms. The number of hydrogen-bond acceptors (Lipinski definition) is 3. The summed E-state index contributed by atoms with van der Waals surface area (Å²) in [5.74, 6) is 0. The van der Waals surface area contributed by atoms with Gasteiger partial charge in [0, 0.05) is 17.8 Å². The Morgan fingerprint density at radius 1 is 1.58 bits per heavy atom. The molecule has 0 aliphatic carbocycles. The number of H-pyrrole nitrogens is 1. The van der Waals surface area contributed by atoms with Crippen molar-refractivity contribution in [2.24, 2.45) is 0 Å². The minimum atomic E-state index is 0.433. The first-order valence-electron chi connectivity index (χ1n) is 3.49. The van der Waals surface area contributed by atoms with E-state index in [9.17, 15) is 4.79 Å². The van der Waals surface area contributed by atoms with E-state index >= 15 is 0 Å². The molecule has 0 unspecified atom stereocenters. The van der Waals surface area contributed by atoms with Gasteiger partial charge in [0.1, 0.15) is 5.65 Å². The Labute approximate surface area is 68.4 Å². The maximum Gasteiger partial charge on any atom is 0.153 e. The molecule has 0 fully saturated rings. The fourth-order valence-electron chi connectivity index (χ4n) is 1.14. The molecule has 60 valence electrons. The molecule has 0 spiro atoms. The van der Waals surface area contributed by atoms with Crippen molar-refractivity contribution in [2.75, 3.05) is 5.73 Å². The van der Waals surface area contributed by atoms with Gasteiger partial charge in [-0.3, -0.25) is 4.79 Å². The summed E-state index contributed by atoms with van der Waals surface area (Å²) < 4.78 is 0. The number of pyridine rings is 1. The van der Waals surface area contributed by atoms with E-state index in [0.29, 0.717) is 23.2 Å². The molecule has 0 radical (unpaired) electrons. The molecule has 0 amide bonds. The Kier molecular flexibility index (Phi) is 1.33. The molecule has 0 aromatic carbocycles. The van der Waals surface area contributed by atoms with Crippen molar-refractivity contribution in [2.45, 2.75) is 0 Å². The van der Waals surface area contributed by atoms with Crippen LogP contribution in [0.1, 0.15) is 10.4 Å². The molecule has 3 N–H and O–H groups in total. The smallest absolute Gasteiger partial charge is 0.153 e. The average molecular weight is 161 g/mol. The van der Waals surface area contributed by atoms with Crippen molar-refractivity contribution in [3.63, 3.8) is 0 Å². The molecule has 0 bridgehead atoms. The lowest BCUT2D eigenvalue weighted by molar-refractivity contribution is 0.112. The number of nitrogen functional groups attached to an aromatic ring is 1. The molecule has 0 atom stereocenters. The van der Waals surface area contributed by atoms with Crippen LogP contribution in [0.25, 0.3) is 11.0 Å². The lowest BCUT2D eigenvalue weighted by Crippen LogP contribution is -1.94. The van der Waals surface area contributed by atoms with Gasteiger partial charge in [-0.05, 0) is 6.07 Å². The van der Waals surface area contributed by atoms with Gasteiger partial charge in [-0.2, -0.15) is 0 Å². The zero-order valence-corrected chi connectivity index (χ0v) is 6.24. The zero-order valence-electron chi connectivity index (χ0n) is 6.24. The van der Waals surface area contributed by atoms with Crippen molar-refractivity contribution in [3.8, 4) is 0 Å². The molecule has 0 aliphatic heterocycles. The SMILES string of the molecule is Nc1c(C=O)cnc2[nH]ccc12. The topological polar surface area (TPSA) is 71.8 Å². The third-order valence-corrected chi connectivity index (χ3v) is 1.79. The highest BCUT2D eigenvalue weighted by atomic mass is 16.1. The number of aromatic nitrogens is 2. The fourth-order valence-corrected chi connectivity index (χ4v) is 1.14. The average Bonchev–Trinajstić information content (AvgIpc) is 2.53. The van der Waals surface area contributed by atoms with Crippen molar-refractivity contribution >= 4 is 23.0 Å². The van der Waals surface area contributed by atoms with Crippen LogP contribution in [0.5, 0.6) is 0 Å². The number of carbonyl (C=O) groups excluding carboxylic acids is 1. The van der Waals surface area contributed by atoms with E-state index in [1.807, 2.05) is 0 Å². The Morgan fingerprint density at radius 3 is 3.17 bits per heavy atom. The van der Waals surface area contributed by atoms with E-state index < -0.39 is 0 Å². The molecule has 2 aromatic rings. The van der Waals surface area contributed by atoms with Crippen LogP contribution >= 0.6 is 0 Å². The van der Waals surface area contributed by atoms with Crippen LogP contribution in [-0.4, -0.2) is 16.3 Å². The third kappa shape index (κ3) is 0.780. The first-order chi connectivity index (χ1) is 5.83. The van der Waals surface area contributed by atoms with Crippen molar-refractivity contribution in [3.05, 3.63) is 24.0 Å². The minimum absolute atomic E-state index is 0.433. The number of nitrogens with two attached hydrogens (primary N) is 1. The van der Waals surface area contributed by atoms with Crippen LogP contribution in [0.3, 0.4) is 0 Å². The highest BCUT2D eigenvalue weighted by molar-refractivity contribution is 5.97. The minimum Gasteiger partial charge on any atom is -0.398 e. The summed E-state index contributed by atoms with van der Waals surface area (Å²) in [7, 11) is 0. The molecule has 0 saturated heterocycles. The van der Waals surface area contributed by atoms with Crippen LogP contribution in [0.4, 0.5) is 5.69 Å². The molecule has 0 aliphatic rings. The second-order valence-electron chi connectivity index (χ2n) is 2.49. The first kappa shape index (κ1) is 6.84. The van der Waals surface area contributed by atoms with E-state index in [4.69, 9.17) is 5.73 Å². The highest BCUT2D eigenvalue weighted by Crippen LogP contribution is 2.19. The Balaban J connectivity index is 2.86. The van der Waals surface area contributed by atoms with Crippen LogP contribution in [0.2, 0.25) is 0 Å². The van der Waals surface area contributed by atoms with Gasteiger partial charge in [0.2, 0.25) is 0 Å². The molecule has 2 heterocycles. The van der Waals surface area contributed by atoms with Gasteiger partial charge >= 0.3 is 0 Å². The molecular weight excluding hydrogens is 154 g/mol. The van der Waals surface area contributed by atoms with Gasteiger partial charge in [0.15, 0.2) is 6.29 Å². The fraction of sp³-hybridized carbons (Fsp3) is 0. The van der Waals surface area contributed by atoms with Gasteiger partial charge in [-0.25, -0.2) is 4.98 Å². The van der Waals surface area contributed by atoms with Crippen molar-refractivity contribution in [1.29, 1.82) is 0 Å². The van der Waals surface area contributed by atoms with Crippen LogP contribution in [-0.2, 0) is 0 Å². The number of nitrogens with zero attached hydrogens (tertiary/aromatic N) is 1. The summed E-state index contributed by atoms with van der Waals surface area (Å²) in [4.78, 5) is 17.4. The lowest BCUT2D eigenvalue weighted by atomic mass is 10.2. The monoisotopic (exact) mass is 161 g/mol. The van der Waals surface area contributed by atoms with Crippen molar-refractivity contribution in [1.82, 2.24) is 9.97 Å². The highest BCUT2D eigenvalue weighted by Gasteiger charge is 2.04. The number of anilines is 1. The number of aromatic amines is 1. The summed E-state index contributed by atoms with van der Waals surface area (Å²) in [6, 6.07) is 1.80. The van der Waals surface area contributed by atoms with Crippen LogP contribution < -0.4 is 5.73 Å². The normalized spacial score (nSPS) is 10.3. The van der Waals surface area contributed by atoms with Crippen LogP contribution in [0.15, 0.2) is 18.5 Å². The first-order valence-corrected chi connectivity index (χ1v) is 3.49. The van der Waals surface area contributed by atoms with E-state index in [1.165, 1.54) is 6.20 Å². The predicted octanol–water partition coefficient (Wildman–Crippen LogP) is 0.958. The quantitative estimate of drug-likeness (QED) is 0.612. The number of nitrogens with one attached hydrogen (secondary N) is 1. The van der Waals surface area contributed by atoms with Gasteiger partial charge in [-0.1, -0.05) is 0 Å².